The first-order valence-electron chi connectivity index (χ1n) is 8.65. The molecule has 0 aliphatic carbocycles. The summed E-state index contributed by atoms with van der Waals surface area (Å²) in [6, 6.07) is 9.00. The molecule has 156 valence electrons. The van der Waals surface area contributed by atoms with Crippen molar-refractivity contribution in [2.24, 2.45) is 4.99 Å². The second-order valence-electron chi connectivity index (χ2n) is 6.20. The first-order chi connectivity index (χ1) is 14.9. The number of non-ortho nitro benzene ring substituents is 1. The first kappa shape index (κ1) is 20.2. The molecule has 0 saturated carbocycles. The van der Waals surface area contributed by atoms with Gasteiger partial charge in [-0.2, -0.15) is 0 Å². The molecule has 0 radical (unpaired) electrons. The molecule has 0 fully saturated rings. The molecule has 0 amide bonds. The summed E-state index contributed by atoms with van der Waals surface area (Å²) in [5.41, 5.74) is 0.0853. The molecule has 11 nitrogen and oxygen atoms in total. The van der Waals surface area contributed by atoms with E-state index in [0.717, 1.165) is 16.6 Å². The van der Waals surface area contributed by atoms with Crippen LogP contribution < -0.4 is 4.74 Å². The van der Waals surface area contributed by atoms with E-state index < -0.39 is 21.2 Å². The molecule has 0 bridgehead atoms. The summed E-state index contributed by atoms with van der Waals surface area (Å²) in [7, 11) is 1.24. The monoisotopic (exact) mass is 485 g/mol. The number of methoxy groups -OCH3 is 1. The number of fused-ring (bicyclic) bond motifs is 1. The number of nitro benzene ring substituents is 2. The molecule has 0 spiro atoms. The van der Waals surface area contributed by atoms with Gasteiger partial charge in [0.1, 0.15) is 5.65 Å². The van der Waals surface area contributed by atoms with Crippen molar-refractivity contribution in [1.29, 1.82) is 0 Å². The average molecular weight is 486 g/mol. The predicted molar refractivity (Wildman–Crippen MR) is 114 cm³/mol. The lowest BCUT2D eigenvalue weighted by atomic mass is 10.1. The number of aromatic nitrogens is 2. The maximum atomic E-state index is 11.4. The molecule has 0 atom stereocenters. The number of ether oxygens (including phenoxy) is 1. The molecule has 0 saturated heterocycles. The van der Waals surface area contributed by atoms with E-state index >= 15 is 0 Å². The van der Waals surface area contributed by atoms with Gasteiger partial charge in [-0.3, -0.25) is 24.6 Å². The Hall–Kier alpha value is -4.06. The van der Waals surface area contributed by atoms with Crippen LogP contribution >= 0.6 is 15.9 Å². The number of pyridine rings is 1. The van der Waals surface area contributed by atoms with Crippen molar-refractivity contribution in [3.63, 3.8) is 0 Å². The van der Waals surface area contributed by atoms with Gasteiger partial charge in [-0.15, -0.1) is 0 Å². The summed E-state index contributed by atoms with van der Waals surface area (Å²) in [5, 5.41) is 22.6. The summed E-state index contributed by atoms with van der Waals surface area (Å²) in [4.78, 5) is 30.1. The Balaban J connectivity index is 1.93. The molecule has 4 aromatic rings. The number of nitro groups is 2. The third-order valence-corrected chi connectivity index (χ3v) is 4.80. The highest BCUT2D eigenvalue weighted by atomic mass is 79.9. The van der Waals surface area contributed by atoms with E-state index in [1.54, 1.807) is 28.8 Å². The molecule has 12 heteroatoms. The lowest BCUT2D eigenvalue weighted by Gasteiger charge is -2.06. The minimum Gasteiger partial charge on any atom is -0.490 e. The van der Waals surface area contributed by atoms with Gasteiger partial charge in [0.25, 0.3) is 5.69 Å². The normalized spacial score (nSPS) is 11.3. The smallest absolute Gasteiger partial charge is 0.318 e. The molecule has 0 aliphatic rings. The van der Waals surface area contributed by atoms with E-state index in [-0.39, 0.29) is 11.3 Å². The third kappa shape index (κ3) is 3.75. The summed E-state index contributed by atoms with van der Waals surface area (Å²) >= 11 is 3.40. The Morgan fingerprint density at radius 2 is 2.03 bits per heavy atom. The minimum atomic E-state index is -0.747. The lowest BCUT2D eigenvalue weighted by molar-refractivity contribution is -0.394. The maximum Gasteiger partial charge on any atom is 0.318 e. The molecule has 0 unspecified atom stereocenters. The van der Waals surface area contributed by atoms with E-state index in [4.69, 9.17) is 9.15 Å². The number of furan rings is 1. The quantitative estimate of drug-likeness (QED) is 0.214. The van der Waals surface area contributed by atoms with E-state index in [1.165, 1.54) is 19.6 Å². The largest absolute Gasteiger partial charge is 0.490 e. The SMILES string of the molecule is COc1c(C=Nc2c(-c3ccco3)nc3ccc(Br)cn23)cc([N+](=O)[O-])cc1[N+](=O)[O-]. The molecule has 1 aromatic carbocycles. The van der Waals surface area contributed by atoms with Gasteiger partial charge in [-0.25, -0.2) is 9.98 Å². The highest BCUT2D eigenvalue weighted by Gasteiger charge is 2.25. The van der Waals surface area contributed by atoms with Crippen molar-refractivity contribution in [3.8, 4) is 17.2 Å². The zero-order chi connectivity index (χ0) is 22.1. The summed E-state index contributed by atoms with van der Waals surface area (Å²) in [6.45, 7) is 0. The molecule has 0 N–H and O–H groups in total. The number of hydrogen-bond acceptors (Lipinski definition) is 8. The third-order valence-electron chi connectivity index (χ3n) is 4.33. The Morgan fingerprint density at radius 1 is 1.23 bits per heavy atom. The first-order valence-corrected chi connectivity index (χ1v) is 9.44. The Morgan fingerprint density at radius 3 is 2.68 bits per heavy atom. The lowest BCUT2D eigenvalue weighted by Crippen LogP contribution is -2.00. The molecule has 3 heterocycles. The van der Waals surface area contributed by atoms with Crippen LogP contribution in [0.5, 0.6) is 5.75 Å². The summed E-state index contributed by atoms with van der Waals surface area (Å²) in [6.07, 6.45) is 4.50. The van der Waals surface area contributed by atoms with Crippen molar-refractivity contribution < 1.29 is 19.0 Å². The van der Waals surface area contributed by atoms with Gasteiger partial charge in [0.05, 0.1) is 29.3 Å². The van der Waals surface area contributed by atoms with Crippen molar-refractivity contribution in [3.05, 3.63) is 79.1 Å². The fourth-order valence-corrected chi connectivity index (χ4v) is 3.36. The maximum absolute atomic E-state index is 11.4. The van der Waals surface area contributed by atoms with Gasteiger partial charge >= 0.3 is 5.69 Å². The molecule has 31 heavy (non-hydrogen) atoms. The number of aliphatic imine (C=N–C) groups is 1. The molecule has 3 aromatic heterocycles. The zero-order valence-corrected chi connectivity index (χ0v) is 17.3. The van der Waals surface area contributed by atoms with Crippen molar-refractivity contribution in [2.45, 2.75) is 0 Å². The summed E-state index contributed by atoms with van der Waals surface area (Å²) in [5.74, 6) is 0.681. The number of hydrogen-bond donors (Lipinski definition) is 0. The van der Waals surface area contributed by atoms with Gasteiger partial charge in [0.2, 0.25) is 5.75 Å². The second-order valence-corrected chi connectivity index (χ2v) is 7.11. The standard InChI is InChI=1S/C19H12BrN5O6/c1-30-18-11(7-13(24(26)27)8-14(18)25(28)29)9-21-19-17(15-3-2-6-31-15)22-16-5-4-12(20)10-23(16)19/h2-10H,1H3. The van der Waals surface area contributed by atoms with Gasteiger partial charge in [0, 0.05) is 28.5 Å². The van der Waals surface area contributed by atoms with Crippen molar-refractivity contribution in [1.82, 2.24) is 9.38 Å². The average Bonchev–Trinajstić information content (AvgIpc) is 3.39. The molecule has 4 rings (SSSR count). The fraction of sp³-hybridized carbons (Fsp3) is 0.0526. The number of halogens is 1. The number of benzene rings is 1. The van der Waals surface area contributed by atoms with Crippen LogP contribution in [-0.2, 0) is 0 Å². The van der Waals surface area contributed by atoms with Crippen LogP contribution in [-0.4, -0.2) is 32.6 Å². The second kappa shape index (κ2) is 7.99. The van der Waals surface area contributed by atoms with E-state index in [9.17, 15) is 20.2 Å². The van der Waals surface area contributed by atoms with Crippen LogP contribution in [0.15, 0.2) is 62.7 Å². The minimum absolute atomic E-state index is 0.0683. The Bertz CT molecular complexity index is 1350. The van der Waals surface area contributed by atoms with E-state index in [2.05, 4.69) is 25.9 Å². The van der Waals surface area contributed by atoms with Crippen molar-refractivity contribution >= 4 is 45.0 Å². The number of rotatable bonds is 6. The van der Waals surface area contributed by atoms with Gasteiger partial charge in [-0.05, 0) is 40.2 Å². The fourth-order valence-electron chi connectivity index (χ4n) is 3.02. The van der Waals surface area contributed by atoms with Crippen LogP contribution in [0, 0.1) is 20.2 Å². The molecule has 0 aliphatic heterocycles. The highest BCUT2D eigenvalue weighted by molar-refractivity contribution is 9.10. The van der Waals surface area contributed by atoms with E-state index in [1.807, 2.05) is 6.07 Å². The van der Waals surface area contributed by atoms with Crippen LogP contribution in [0.4, 0.5) is 17.2 Å². The molecular weight excluding hydrogens is 474 g/mol. The van der Waals surface area contributed by atoms with Gasteiger partial charge in [0.15, 0.2) is 17.3 Å². The van der Waals surface area contributed by atoms with E-state index in [0.29, 0.717) is 22.9 Å². The molecular formula is C19H12BrN5O6. The van der Waals surface area contributed by atoms with Crippen LogP contribution in [0.25, 0.3) is 17.1 Å². The zero-order valence-electron chi connectivity index (χ0n) is 15.8. The Kier molecular flexibility index (Phi) is 5.21. The number of imidazole rings is 1. The number of nitrogens with zero attached hydrogens (tertiary/aromatic N) is 5. The van der Waals surface area contributed by atoms with Crippen molar-refractivity contribution in [2.75, 3.05) is 7.11 Å². The highest BCUT2D eigenvalue weighted by Crippen LogP contribution is 2.36. The van der Waals surface area contributed by atoms with Crippen LogP contribution in [0.2, 0.25) is 0 Å². The summed E-state index contributed by atoms with van der Waals surface area (Å²) < 4.78 is 13.1. The van der Waals surface area contributed by atoms with Gasteiger partial charge in [-0.1, -0.05) is 0 Å². The van der Waals surface area contributed by atoms with Gasteiger partial charge < -0.3 is 9.15 Å². The topological polar surface area (TPSA) is 138 Å². The van der Waals surface area contributed by atoms with Crippen LogP contribution in [0.1, 0.15) is 5.56 Å². The van der Waals surface area contributed by atoms with Crippen LogP contribution in [0.3, 0.4) is 0 Å². The Labute approximate surface area is 182 Å². The predicted octanol–water partition coefficient (Wildman–Crippen LogP) is 4.93.